The number of ether oxygens (including phenoxy) is 4. The number of benzene rings is 1. The molecule has 0 aromatic heterocycles. The first-order chi connectivity index (χ1) is 16.3. The molecule has 1 aromatic carbocycles. The number of aromatic hydroxyl groups is 1. The van der Waals surface area contributed by atoms with Crippen molar-refractivity contribution in [1.82, 2.24) is 4.90 Å². The zero-order chi connectivity index (χ0) is 24.7. The van der Waals surface area contributed by atoms with Crippen LogP contribution < -0.4 is 10.1 Å². The molecule has 1 saturated heterocycles. The number of carbonyl (C=O) groups excluding carboxylic acids is 1. The van der Waals surface area contributed by atoms with Gasteiger partial charge in [0.2, 0.25) is 0 Å². The lowest BCUT2D eigenvalue weighted by Crippen LogP contribution is -2.69. The zero-order valence-electron chi connectivity index (χ0n) is 20.3. The molecular weight excluding hydrogens is 440 g/mol. The summed E-state index contributed by atoms with van der Waals surface area (Å²) in [4.78, 5) is 14.8. The number of hydrogen-bond donors (Lipinski definition) is 3. The van der Waals surface area contributed by atoms with E-state index in [9.17, 15) is 15.0 Å². The van der Waals surface area contributed by atoms with Crippen LogP contribution in [0.3, 0.4) is 0 Å². The van der Waals surface area contributed by atoms with Gasteiger partial charge in [0.25, 0.3) is 0 Å². The van der Waals surface area contributed by atoms with Gasteiger partial charge in [-0.1, -0.05) is 13.3 Å². The van der Waals surface area contributed by atoms with Crippen molar-refractivity contribution < 1.29 is 34.0 Å². The minimum absolute atomic E-state index is 0.0152. The maximum atomic E-state index is 12.7. The minimum Gasteiger partial charge on any atom is -0.508 e. The monoisotopic (exact) mass is 474 g/mol. The lowest BCUT2D eigenvalue weighted by molar-refractivity contribution is -0.187. The fourth-order valence-electron chi connectivity index (χ4n) is 5.93. The number of carbonyl (C=O) groups is 1. The number of phenolic OH excluding ortho intramolecular Hbond substituents is 1. The van der Waals surface area contributed by atoms with Crippen LogP contribution in [-0.4, -0.2) is 67.3 Å². The number of esters is 1. The van der Waals surface area contributed by atoms with E-state index in [2.05, 4.69) is 17.1 Å². The fraction of sp³-hybridized carbons (Fsp3) is 0.560. The van der Waals surface area contributed by atoms with E-state index in [1.165, 1.54) is 33.7 Å². The molecule has 3 aliphatic rings. The summed E-state index contributed by atoms with van der Waals surface area (Å²) < 4.78 is 22.2. The van der Waals surface area contributed by atoms with E-state index >= 15 is 0 Å². The van der Waals surface area contributed by atoms with Crippen molar-refractivity contribution in [2.75, 3.05) is 39.8 Å². The minimum atomic E-state index is -1.59. The summed E-state index contributed by atoms with van der Waals surface area (Å²) in [7, 11) is 4.38. The normalized spacial score (nSPS) is 31.8. The number of phenols is 1. The molecule has 4 rings (SSSR count). The summed E-state index contributed by atoms with van der Waals surface area (Å²) in [5.41, 5.74) is -1.23. The van der Waals surface area contributed by atoms with Crippen LogP contribution in [0.1, 0.15) is 32.3 Å². The van der Waals surface area contributed by atoms with Gasteiger partial charge in [0.05, 0.1) is 50.5 Å². The molecule has 3 N–H and O–H groups in total. The number of methoxy groups -OCH3 is 3. The molecule has 186 valence electrons. The Kier molecular flexibility index (Phi) is 6.44. The maximum Gasteiger partial charge on any atom is 0.337 e. The molecule has 0 aliphatic carbocycles. The molecule has 0 amide bonds. The van der Waals surface area contributed by atoms with Gasteiger partial charge in [-0.2, -0.15) is 0 Å². The topological polar surface area (TPSA) is 110 Å². The van der Waals surface area contributed by atoms with Gasteiger partial charge in [-0.25, -0.2) is 4.79 Å². The third kappa shape index (κ3) is 3.41. The van der Waals surface area contributed by atoms with Gasteiger partial charge in [-0.05, 0) is 31.5 Å². The molecule has 34 heavy (non-hydrogen) atoms. The molecule has 5 atom stereocenters. The quantitative estimate of drug-likeness (QED) is 0.312. The maximum absolute atomic E-state index is 12.7. The van der Waals surface area contributed by atoms with E-state index in [1.807, 2.05) is 19.2 Å². The number of nitrogens with one attached hydrogen (secondary N) is 1. The van der Waals surface area contributed by atoms with Crippen LogP contribution in [-0.2, 0) is 24.6 Å². The van der Waals surface area contributed by atoms with Crippen LogP contribution in [0.15, 0.2) is 36.2 Å². The molecule has 0 radical (unpaired) electrons. The van der Waals surface area contributed by atoms with Crippen molar-refractivity contribution in [2.45, 2.75) is 44.1 Å². The van der Waals surface area contributed by atoms with Gasteiger partial charge in [-0.15, -0.1) is 0 Å². The average Bonchev–Trinajstić information content (AvgIpc) is 3.09. The Morgan fingerprint density at radius 1 is 1.29 bits per heavy atom. The van der Waals surface area contributed by atoms with Gasteiger partial charge in [0, 0.05) is 31.2 Å². The predicted molar refractivity (Wildman–Crippen MR) is 125 cm³/mol. The predicted octanol–water partition coefficient (Wildman–Crippen LogP) is 2.69. The molecule has 0 spiro atoms. The molecule has 0 bridgehead atoms. The lowest BCUT2D eigenvalue weighted by atomic mass is 9.69. The Hall–Kier alpha value is -2.91. The van der Waals surface area contributed by atoms with Gasteiger partial charge < -0.3 is 39.4 Å². The number of nitrogens with zero attached hydrogens (tertiary/aromatic N) is 1. The second-order valence-corrected chi connectivity index (χ2v) is 8.97. The summed E-state index contributed by atoms with van der Waals surface area (Å²) in [6.07, 6.45) is 6.57. The number of aliphatic hydroxyl groups is 1. The lowest BCUT2D eigenvalue weighted by Gasteiger charge is -2.56. The van der Waals surface area contributed by atoms with E-state index in [0.29, 0.717) is 42.1 Å². The second-order valence-electron chi connectivity index (χ2n) is 8.97. The number of piperidine rings is 1. The molecule has 3 aliphatic heterocycles. The Balaban J connectivity index is 1.84. The van der Waals surface area contributed by atoms with Crippen LogP contribution in [0.2, 0.25) is 0 Å². The third-order valence-electron chi connectivity index (χ3n) is 7.41. The average molecular weight is 475 g/mol. The van der Waals surface area contributed by atoms with Gasteiger partial charge in [-0.3, -0.25) is 0 Å². The van der Waals surface area contributed by atoms with Crippen molar-refractivity contribution >= 4 is 11.7 Å². The molecule has 0 unspecified atom stereocenters. The Bertz CT molecular complexity index is 1010. The number of fused-ring (bicyclic) bond motifs is 5. The van der Waals surface area contributed by atoms with E-state index in [1.54, 1.807) is 6.07 Å². The SMILES string of the molecule is CCO[C@]12C=CN3C[C@@H](CC)[C@@H](/C(=C\OC)C(=O)OC)C[C@H]3[C@@]1(O)Nc1cc(O)cc(OC)c12. The van der Waals surface area contributed by atoms with Crippen molar-refractivity contribution in [3.05, 3.63) is 41.8 Å². The first kappa shape index (κ1) is 24.2. The van der Waals surface area contributed by atoms with E-state index < -0.39 is 23.3 Å². The molecule has 0 saturated carbocycles. The van der Waals surface area contributed by atoms with E-state index in [4.69, 9.17) is 18.9 Å². The van der Waals surface area contributed by atoms with Gasteiger partial charge >= 0.3 is 5.97 Å². The molecule has 1 fully saturated rings. The largest absolute Gasteiger partial charge is 0.508 e. The summed E-state index contributed by atoms with van der Waals surface area (Å²) >= 11 is 0. The second kappa shape index (κ2) is 9.03. The Morgan fingerprint density at radius 2 is 2.06 bits per heavy atom. The highest BCUT2D eigenvalue weighted by molar-refractivity contribution is 5.88. The summed E-state index contributed by atoms with van der Waals surface area (Å²) in [5, 5.41) is 25.9. The molecule has 9 heteroatoms. The third-order valence-corrected chi connectivity index (χ3v) is 7.41. The first-order valence-corrected chi connectivity index (χ1v) is 11.6. The van der Waals surface area contributed by atoms with Gasteiger partial charge in [0.15, 0.2) is 11.3 Å². The number of rotatable bonds is 7. The molecule has 3 heterocycles. The van der Waals surface area contributed by atoms with E-state index in [-0.39, 0.29) is 17.6 Å². The standard InChI is InChI=1S/C25H34N2O7/c1-6-15-13-27-9-8-24(34-7-2)22-19(10-16(28)11-20(22)32-4)26-25(24,30)21(27)12-17(15)18(14-31-3)23(29)33-5/h8-11,14-15,17,21,26,28,30H,6-7,12-13H2,1-5H3/b18-14+/t15-,17+,21+,24+,25+/m1/s1. The smallest absolute Gasteiger partial charge is 0.337 e. The highest BCUT2D eigenvalue weighted by Gasteiger charge is 2.66. The van der Waals surface area contributed by atoms with Crippen LogP contribution >= 0.6 is 0 Å². The Morgan fingerprint density at radius 3 is 2.68 bits per heavy atom. The van der Waals surface area contributed by atoms with Crippen LogP contribution in [0, 0.1) is 11.8 Å². The van der Waals surface area contributed by atoms with Crippen LogP contribution in [0.25, 0.3) is 0 Å². The van der Waals surface area contributed by atoms with Crippen LogP contribution in [0.5, 0.6) is 11.5 Å². The zero-order valence-corrected chi connectivity index (χ0v) is 20.3. The van der Waals surface area contributed by atoms with Crippen molar-refractivity contribution in [3.63, 3.8) is 0 Å². The summed E-state index contributed by atoms with van der Waals surface area (Å²) in [5.74, 6) is -0.0663. The molecule has 1 aromatic rings. The number of anilines is 1. The fourth-order valence-corrected chi connectivity index (χ4v) is 5.93. The number of hydrogen-bond acceptors (Lipinski definition) is 9. The first-order valence-electron chi connectivity index (χ1n) is 11.6. The molecular formula is C25H34N2O7. The van der Waals surface area contributed by atoms with Gasteiger partial charge in [0.1, 0.15) is 11.5 Å². The summed E-state index contributed by atoms with van der Waals surface area (Å²) in [6.45, 7) is 4.92. The summed E-state index contributed by atoms with van der Waals surface area (Å²) in [6, 6.07) is 2.62. The van der Waals surface area contributed by atoms with Crippen LogP contribution in [0.4, 0.5) is 5.69 Å². The van der Waals surface area contributed by atoms with E-state index in [0.717, 1.165) is 6.42 Å². The highest BCUT2D eigenvalue weighted by Crippen LogP contribution is 2.58. The highest BCUT2D eigenvalue weighted by atomic mass is 16.5. The Labute approximate surface area is 199 Å². The van der Waals surface area contributed by atoms with Crippen molar-refractivity contribution in [2.24, 2.45) is 11.8 Å². The van der Waals surface area contributed by atoms with Crippen molar-refractivity contribution in [3.8, 4) is 11.5 Å². The molecule has 9 nitrogen and oxygen atoms in total. The van der Waals surface area contributed by atoms with Crippen molar-refractivity contribution in [1.29, 1.82) is 0 Å².